The van der Waals surface area contributed by atoms with Crippen molar-refractivity contribution in [2.45, 2.75) is 32.7 Å². The van der Waals surface area contributed by atoms with Gasteiger partial charge in [-0.1, -0.05) is 47.6 Å². The van der Waals surface area contributed by atoms with Gasteiger partial charge in [-0.25, -0.2) is 9.67 Å². The second-order valence-electron chi connectivity index (χ2n) is 7.88. The van der Waals surface area contributed by atoms with Crippen LogP contribution < -0.4 is 15.8 Å². The van der Waals surface area contributed by atoms with Gasteiger partial charge in [-0.2, -0.15) is 0 Å². The predicted molar refractivity (Wildman–Crippen MR) is 131 cm³/mol. The first-order valence-electron chi connectivity index (χ1n) is 10.2. The third kappa shape index (κ3) is 3.43. The smallest absolute Gasteiger partial charge is 0.295 e. The number of para-hydroxylation sites is 1. The molecule has 1 aliphatic rings. The number of aliphatic imine (C=N–C) groups is 1. The van der Waals surface area contributed by atoms with Crippen molar-refractivity contribution in [2.75, 3.05) is 10.2 Å². The van der Waals surface area contributed by atoms with E-state index in [0.717, 1.165) is 33.8 Å². The summed E-state index contributed by atoms with van der Waals surface area (Å²) in [7, 11) is 1.90. The predicted octanol–water partition coefficient (Wildman–Crippen LogP) is 5.22. The molecule has 2 heterocycles. The van der Waals surface area contributed by atoms with E-state index in [4.69, 9.17) is 4.99 Å². The van der Waals surface area contributed by atoms with Gasteiger partial charge in [-0.3, -0.25) is 9.48 Å². The van der Waals surface area contributed by atoms with Crippen LogP contribution in [0.4, 0.5) is 11.4 Å². The fraction of sp³-hybridized carbons (Fsp3) is 0.250. The quantitative estimate of drug-likeness (QED) is 0.558. The molecule has 1 unspecified atom stereocenters. The number of halogens is 1. The zero-order valence-electron chi connectivity index (χ0n) is 18.2. The third-order valence-electron chi connectivity index (χ3n) is 6.05. The Morgan fingerprint density at radius 2 is 1.77 bits per heavy atom. The largest absolute Gasteiger partial charge is 0.342 e. The number of hydrogen-bond donors (Lipinski definition) is 1. The standard InChI is InChI=1S/C24H26BrN5O/c1-6-24(4)23(27-19-14-12-18(25)13-15-19)26-17(3)29(24)21-16(2)28(5)30(22(21)31)20-10-8-7-9-11-20/h7-15H,3,6H2,1-2,4-5H3,(H,26,27). The van der Waals surface area contributed by atoms with Crippen LogP contribution in [0.3, 0.4) is 0 Å². The van der Waals surface area contributed by atoms with Crippen LogP contribution in [-0.2, 0) is 7.05 Å². The Morgan fingerprint density at radius 1 is 1.13 bits per heavy atom. The van der Waals surface area contributed by atoms with Crippen molar-refractivity contribution in [1.82, 2.24) is 9.36 Å². The highest BCUT2D eigenvalue weighted by atomic mass is 79.9. The third-order valence-corrected chi connectivity index (χ3v) is 6.57. The molecule has 0 bridgehead atoms. The molecule has 1 atom stereocenters. The van der Waals surface area contributed by atoms with Crippen molar-refractivity contribution in [3.8, 4) is 5.69 Å². The van der Waals surface area contributed by atoms with Crippen molar-refractivity contribution >= 4 is 33.1 Å². The maximum atomic E-state index is 13.6. The molecule has 1 aromatic heterocycles. The van der Waals surface area contributed by atoms with Gasteiger partial charge in [0.05, 0.1) is 11.4 Å². The first kappa shape index (κ1) is 21.2. The van der Waals surface area contributed by atoms with Gasteiger partial charge in [-0.05, 0) is 56.7 Å². The molecule has 31 heavy (non-hydrogen) atoms. The number of anilines is 2. The number of nitrogens with zero attached hydrogens (tertiary/aromatic N) is 4. The number of amidine groups is 1. The number of aromatic nitrogens is 2. The second-order valence-corrected chi connectivity index (χ2v) is 8.80. The molecular weight excluding hydrogens is 454 g/mol. The van der Waals surface area contributed by atoms with Crippen molar-refractivity contribution in [2.24, 2.45) is 12.0 Å². The van der Waals surface area contributed by atoms with Gasteiger partial charge in [0.25, 0.3) is 5.56 Å². The Balaban J connectivity index is 1.79. The highest BCUT2D eigenvalue weighted by Crippen LogP contribution is 2.38. The molecule has 0 spiro atoms. The van der Waals surface area contributed by atoms with E-state index in [1.165, 1.54) is 0 Å². The lowest BCUT2D eigenvalue weighted by atomic mass is 9.95. The molecule has 4 rings (SSSR count). The Morgan fingerprint density at radius 3 is 2.39 bits per heavy atom. The molecule has 1 aliphatic heterocycles. The van der Waals surface area contributed by atoms with Gasteiger partial charge < -0.3 is 10.2 Å². The van der Waals surface area contributed by atoms with Crippen molar-refractivity contribution in [1.29, 1.82) is 0 Å². The number of nitrogens with one attached hydrogen (secondary N) is 1. The van der Waals surface area contributed by atoms with Gasteiger partial charge in [0.1, 0.15) is 22.9 Å². The van der Waals surface area contributed by atoms with Crippen LogP contribution in [0.15, 0.2) is 81.3 Å². The van der Waals surface area contributed by atoms with Gasteiger partial charge in [0.15, 0.2) is 0 Å². The molecule has 0 radical (unpaired) electrons. The summed E-state index contributed by atoms with van der Waals surface area (Å²) >= 11 is 3.47. The molecule has 0 fully saturated rings. The van der Waals surface area contributed by atoms with Crippen LogP contribution in [0.5, 0.6) is 0 Å². The minimum atomic E-state index is -0.538. The second kappa shape index (κ2) is 7.89. The zero-order chi connectivity index (χ0) is 22.3. The van der Waals surface area contributed by atoms with Crippen molar-refractivity contribution in [3.05, 3.63) is 87.5 Å². The van der Waals surface area contributed by atoms with Crippen LogP contribution >= 0.6 is 15.9 Å². The topological polar surface area (TPSA) is 54.6 Å². The summed E-state index contributed by atoms with van der Waals surface area (Å²) in [5.74, 6) is 1.33. The van der Waals surface area contributed by atoms with E-state index >= 15 is 0 Å². The Hall–Kier alpha value is -3.06. The molecule has 1 N–H and O–H groups in total. The van der Waals surface area contributed by atoms with Crippen molar-refractivity contribution in [3.63, 3.8) is 0 Å². The zero-order valence-corrected chi connectivity index (χ0v) is 19.8. The Kier molecular flexibility index (Phi) is 5.39. The van der Waals surface area contributed by atoms with Gasteiger partial charge in [-0.15, -0.1) is 0 Å². The van der Waals surface area contributed by atoms with E-state index in [1.54, 1.807) is 4.68 Å². The van der Waals surface area contributed by atoms with E-state index in [2.05, 4.69) is 41.7 Å². The molecule has 160 valence electrons. The SMILES string of the molecule is C=C1N=C(Nc2ccc(Br)cc2)C(C)(CC)N1c1c(C)n(C)n(-c2ccccc2)c1=O. The van der Waals surface area contributed by atoms with Crippen LogP contribution in [0.25, 0.3) is 5.69 Å². The molecule has 0 saturated carbocycles. The number of hydrogen-bond acceptors (Lipinski definition) is 4. The first-order chi connectivity index (χ1) is 14.8. The Labute approximate surface area is 190 Å². The number of benzene rings is 2. The van der Waals surface area contributed by atoms with E-state index in [0.29, 0.717) is 11.5 Å². The fourth-order valence-electron chi connectivity index (χ4n) is 4.04. The maximum Gasteiger partial charge on any atom is 0.295 e. The minimum absolute atomic E-state index is 0.0906. The maximum absolute atomic E-state index is 13.6. The van der Waals surface area contributed by atoms with E-state index < -0.39 is 5.54 Å². The van der Waals surface area contributed by atoms with Crippen LogP contribution in [0.2, 0.25) is 0 Å². The fourth-order valence-corrected chi connectivity index (χ4v) is 4.30. The molecule has 0 saturated heterocycles. The molecular formula is C24H26BrN5O. The average Bonchev–Trinajstić information content (AvgIpc) is 3.13. The summed E-state index contributed by atoms with van der Waals surface area (Å²) in [5, 5.41) is 3.44. The van der Waals surface area contributed by atoms with E-state index in [-0.39, 0.29) is 5.56 Å². The Bertz CT molecular complexity index is 1220. The molecule has 0 amide bonds. The molecule has 6 nitrogen and oxygen atoms in total. The molecule has 3 aromatic rings. The van der Waals surface area contributed by atoms with Crippen LogP contribution in [0, 0.1) is 6.92 Å². The molecule has 0 aliphatic carbocycles. The summed E-state index contributed by atoms with van der Waals surface area (Å²) in [5.41, 5.74) is 2.58. The minimum Gasteiger partial charge on any atom is -0.342 e. The first-order valence-corrected chi connectivity index (χ1v) is 11.0. The van der Waals surface area contributed by atoms with E-state index in [9.17, 15) is 4.79 Å². The average molecular weight is 480 g/mol. The highest BCUT2D eigenvalue weighted by molar-refractivity contribution is 9.10. The van der Waals surface area contributed by atoms with Gasteiger partial charge in [0, 0.05) is 17.2 Å². The normalized spacial score (nSPS) is 18.4. The summed E-state index contributed by atoms with van der Waals surface area (Å²) in [4.78, 5) is 20.4. The summed E-state index contributed by atoms with van der Waals surface area (Å²) < 4.78 is 4.59. The summed E-state index contributed by atoms with van der Waals surface area (Å²) in [6.45, 7) is 10.3. The number of rotatable bonds is 4. The van der Waals surface area contributed by atoms with Crippen LogP contribution in [0.1, 0.15) is 26.0 Å². The van der Waals surface area contributed by atoms with E-state index in [1.807, 2.05) is 78.2 Å². The lowest BCUT2D eigenvalue weighted by Gasteiger charge is -2.36. The van der Waals surface area contributed by atoms with Crippen LogP contribution in [-0.4, -0.2) is 20.7 Å². The van der Waals surface area contributed by atoms with Crippen molar-refractivity contribution < 1.29 is 0 Å². The monoisotopic (exact) mass is 479 g/mol. The lowest BCUT2D eigenvalue weighted by Crippen LogP contribution is -2.51. The molecule has 2 aromatic carbocycles. The highest BCUT2D eigenvalue weighted by Gasteiger charge is 2.45. The molecule has 7 heteroatoms. The lowest BCUT2D eigenvalue weighted by molar-refractivity contribution is 0.583. The summed E-state index contributed by atoms with van der Waals surface area (Å²) in [6.07, 6.45) is 0.744. The van der Waals surface area contributed by atoms with Gasteiger partial charge in [0.2, 0.25) is 0 Å². The summed E-state index contributed by atoms with van der Waals surface area (Å²) in [6, 6.07) is 17.6. The van der Waals surface area contributed by atoms with Gasteiger partial charge >= 0.3 is 0 Å².